The Hall–Kier alpha value is -2.75. The van der Waals surface area contributed by atoms with Crippen LogP contribution in [0.4, 0.5) is 5.88 Å². The van der Waals surface area contributed by atoms with Crippen molar-refractivity contribution in [2.75, 3.05) is 18.0 Å². The van der Waals surface area contributed by atoms with E-state index in [9.17, 15) is 10.1 Å². The molecule has 132 valence electrons. The molecule has 0 radical (unpaired) electrons. The first-order chi connectivity index (χ1) is 12.1. The standard InChI is InChI=1S/C18H22N4O3/c1-3-12(2)20-16(23)13-6-8-22(9-7-13)18-14(11-19)21-17(25-18)15-5-4-10-24-15/h4-5,10,12-13H,3,6-9H2,1-2H3,(H,20,23)/t12-/m1/s1. The van der Waals surface area contributed by atoms with E-state index in [0.29, 0.717) is 30.6 Å². The molecule has 7 nitrogen and oxygen atoms in total. The molecule has 0 aromatic carbocycles. The highest BCUT2D eigenvalue weighted by atomic mass is 16.4. The van der Waals surface area contributed by atoms with Crippen molar-refractivity contribution in [2.24, 2.45) is 5.92 Å². The molecule has 2 aromatic heterocycles. The third kappa shape index (κ3) is 3.68. The number of nitriles is 1. The second-order valence-electron chi connectivity index (χ2n) is 6.34. The van der Waals surface area contributed by atoms with Gasteiger partial charge < -0.3 is 19.1 Å². The molecule has 3 rings (SSSR count). The molecule has 0 bridgehead atoms. The van der Waals surface area contributed by atoms with Crippen molar-refractivity contribution in [1.29, 1.82) is 5.26 Å². The van der Waals surface area contributed by atoms with Crippen LogP contribution in [0.25, 0.3) is 11.7 Å². The zero-order chi connectivity index (χ0) is 17.8. The van der Waals surface area contributed by atoms with E-state index in [4.69, 9.17) is 8.83 Å². The number of anilines is 1. The Morgan fingerprint density at radius 3 is 2.88 bits per heavy atom. The van der Waals surface area contributed by atoms with E-state index in [1.54, 1.807) is 12.1 Å². The molecule has 1 N–H and O–H groups in total. The van der Waals surface area contributed by atoms with Crippen LogP contribution < -0.4 is 10.2 Å². The van der Waals surface area contributed by atoms with Gasteiger partial charge in [-0.3, -0.25) is 4.79 Å². The van der Waals surface area contributed by atoms with Gasteiger partial charge in [0.1, 0.15) is 6.07 Å². The van der Waals surface area contributed by atoms with E-state index < -0.39 is 0 Å². The SMILES string of the molecule is CC[C@@H](C)NC(=O)C1CCN(c2oc(-c3ccco3)nc2C#N)CC1. The Morgan fingerprint density at radius 2 is 2.28 bits per heavy atom. The first kappa shape index (κ1) is 17.1. The first-order valence-corrected chi connectivity index (χ1v) is 8.62. The maximum atomic E-state index is 12.3. The fraction of sp³-hybridized carbons (Fsp3) is 0.500. The van der Waals surface area contributed by atoms with Gasteiger partial charge in [0.2, 0.25) is 17.5 Å². The minimum absolute atomic E-state index is 0.00301. The molecule has 0 saturated carbocycles. The molecule has 0 unspecified atom stereocenters. The highest BCUT2D eigenvalue weighted by molar-refractivity contribution is 5.79. The number of rotatable bonds is 5. The third-order valence-corrected chi connectivity index (χ3v) is 4.60. The fourth-order valence-electron chi connectivity index (χ4n) is 2.91. The van der Waals surface area contributed by atoms with Crippen LogP contribution in [0.2, 0.25) is 0 Å². The molecule has 1 saturated heterocycles. The number of piperidine rings is 1. The molecule has 7 heteroatoms. The summed E-state index contributed by atoms with van der Waals surface area (Å²) >= 11 is 0. The lowest BCUT2D eigenvalue weighted by Gasteiger charge is -2.31. The lowest BCUT2D eigenvalue weighted by Crippen LogP contribution is -2.43. The van der Waals surface area contributed by atoms with E-state index in [1.807, 2.05) is 11.8 Å². The summed E-state index contributed by atoms with van der Waals surface area (Å²) in [5.74, 6) is 1.36. The smallest absolute Gasteiger partial charge is 0.266 e. The van der Waals surface area contributed by atoms with Crippen molar-refractivity contribution in [3.63, 3.8) is 0 Å². The topological polar surface area (TPSA) is 95.3 Å². The van der Waals surface area contributed by atoms with Crippen LogP contribution in [0.1, 0.15) is 38.8 Å². The van der Waals surface area contributed by atoms with Gasteiger partial charge >= 0.3 is 0 Å². The average molecular weight is 342 g/mol. The van der Waals surface area contributed by atoms with Crippen molar-refractivity contribution in [1.82, 2.24) is 10.3 Å². The van der Waals surface area contributed by atoms with Crippen molar-refractivity contribution in [3.8, 4) is 17.7 Å². The normalized spacial score (nSPS) is 16.4. The van der Waals surface area contributed by atoms with E-state index >= 15 is 0 Å². The van der Waals surface area contributed by atoms with Gasteiger partial charge in [-0.05, 0) is 38.3 Å². The zero-order valence-corrected chi connectivity index (χ0v) is 14.5. The quantitative estimate of drug-likeness (QED) is 0.897. The van der Waals surface area contributed by atoms with Crippen molar-refractivity contribution < 1.29 is 13.6 Å². The Balaban J connectivity index is 1.67. The van der Waals surface area contributed by atoms with Crippen LogP contribution in [-0.4, -0.2) is 30.0 Å². The Labute approximate surface area is 146 Å². The number of amides is 1. The molecule has 3 heterocycles. The minimum Gasteiger partial charge on any atom is -0.459 e. The van der Waals surface area contributed by atoms with Crippen molar-refractivity contribution >= 4 is 11.8 Å². The van der Waals surface area contributed by atoms with Gasteiger partial charge in [0.25, 0.3) is 5.89 Å². The van der Waals surface area contributed by atoms with E-state index in [1.165, 1.54) is 6.26 Å². The Kier molecular flexibility index (Phi) is 5.08. The molecule has 25 heavy (non-hydrogen) atoms. The second kappa shape index (κ2) is 7.43. The van der Waals surface area contributed by atoms with E-state index in [-0.39, 0.29) is 23.6 Å². The number of hydrogen-bond acceptors (Lipinski definition) is 6. The Bertz CT molecular complexity index is 752. The molecule has 1 atom stereocenters. The zero-order valence-electron chi connectivity index (χ0n) is 14.5. The molecule has 2 aromatic rings. The fourth-order valence-corrected chi connectivity index (χ4v) is 2.91. The Morgan fingerprint density at radius 1 is 1.52 bits per heavy atom. The largest absolute Gasteiger partial charge is 0.459 e. The number of oxazole rings is 1. The summed E-state index contributed by atoms with van der Waals surface area (Å²) in [4.78, 5) is 18.4. The summed E-state index contributed by atoms with van der Waals surface area (Å²) in [7, 11) is 0. The van der Waals surface area contributed by atoms with Crippen LogP contribution in [0.5, 0.6) is 0 Å². The molecule has 1 amide bonds. The summed E-state index contributed by atoms with van der Waals surface area (Å²) in [5.41, 5.74) is 0.244. The van der Waals surface area contributed by atoms with Gasteiger partial charge in [-0.15, -0.1) is 0 Å². The summed E-state index contributed by atoms with van der Waals surface area (Å²) in [5, 5.41) is 12.4. The third-order valence-electron chi connectivity index (χ3n) is 4.60. The predicted octanol–water partition coefficient (Wildman–Crippen LogP) is 2.94. The maximum Gasteiger partial charge on any atom is 0.266 e. The molecule has 1 aliphatic rings. The van der Waals surface area contributed by atoms with Crippen molar-refractivity contribution in [3.05, 3.63) is 24.1 Å². The second-order valence-corrected chi connectivity index (χ2v) is 6.34. The van der Waals surface area contributed by atoms with Crippen LogP contribution in [0.3, 0.4) is 0 Å². The number of carbonyl (C=O) groups excluding carboxylic acids is 1. The summed E-state index contributed by atoms with van der Waals surface area (Å²) in [6, 6.07) is 5.75. The van der Waals surface area contributed by atoms with Gasteiger partial charge in [-0.25, -0.2) is 0 Å². The number of furan rings is 1. The molecule has 1 fully saturated rings. The number of nitrogens with one attached hydrogen (secondary N) is 1. The van der Waals surface area contributed by atoms with Gasteiger partial charge in [0.05, 0.1) is 6.26 Å². The lowest BCUT2D eigenvalue weighted by atomic mass is 9.95. The van der Waals surface area contributed by atoms with E-state index in [2.05, 4.69) is 23.3 Å². The van der Waals surface area contributed by atoms with Crippen molar-refractivity contribution in [2.45, 2.75) is 39.2 Å². The number of hydrogen-bond donors (Lipinski definition) is 1. The average Bonchev–Trinajstić information content (AvgIpc) is 3.30. The number of carbonyl (C=O) groups is 1. The summed E-state index contributed by atoms with van der Waals surface area (Å²) in [6.07, 6.45) is 3.91. The summed E-state index contributed by atoms with van der Waals surface area (Å²) < 4.78 is 11.0. The van der Waals surface area contributed by atoms with Gasteiger partial charge in [-0.2, -0.15) is 10.2 Å². The number of aromatic nitrogens is 1. The summed E-state index contributed by atoms with van der Waals surface area (Å²) in [6.45, 7) is 5.37. The van der Waals surface area contributed by atoms with Gasteiger partial charge in [0.15, 0.2) is 5.76 Å². The lowest BCUT2D eigenvalue weighted by molar-refractivity contribution is -0.126. The van der Waals surface area contributed by atoms with Crippen LogP contribution >= 0.6 is 0 Å². The van der Waals surface area contributed by atoms with Gasteiger partial charge in [-0.1, -0.05) is 6.92 Å². The monoisotopic (exact) mass is 342 g/mol. The molecule has 0 spiro atoms. The molecular weight excluding hydrogens is 320 g/mol. The first-order valence-electron chi connectivity index (χ1n) is 8.62. The molecule has 1 aliphatic heterocycles. The highest BCUT2D eigenvalue weighted by Crippen LogP contribution is 2.31. The van der Waals surface area contributed by atoms with Gasteiger partial charge in [0, 0.05) is 25.0 Å². The minimum atomic E-state index is 0.00301. The number of nitrogens with zero attached hydrogens (tertiary/aromatic N) is 3. The highest BCUT2D eigenvalue weighted by Gasteiger charge is 2.29. The van der Waals surface area contributed by atoms with E-state index in [0.717, 1.165) is 19.3 Å². The molecule has 0 aliphatic carbocycles. The maximum absolute atomic E-state index is 12.3. The van der Waals surface area contributed by atoms with Crippen LogP contribution in [-0.2, 0) is 4.79 Å². The molecular formula is C18H22N4O3. The van der Waals surface area contributed by atoms with Crippen LogP contribution in [0.15, 0.2) is 27.2 Å². The van der Waals surface area contributed by atoms with Crippen LogP contribution in [0, 0.1) is 17.2 Å². The predicted molar refractivity (Wildman–Crippen MR) is 91.8 cm³/mol.